The van der Waals surface area contributed by atoms with Crippen molar-refractivity contribution in [1.82, 2.24) is 5.32 Å². The molecule has 0 fully saturated rings. The second kappa shape index (κ2) is 5.02. The smallest absolute Gasteiger partial charge is 0.163 e. The molecule has 2 nitrogen and oxygen atoms in total. The predicted octanol–water partition coefficient (Wildman–Crippen LogP) is 1.44. The summed E-state index contributed by atoms with van der Waals surface area (Å²) in [7, 11) is 0. The first-order valence-electron chi connectivity index (χ1n) is 4.42. The Morgan fingerprint density at radius 3 is 2.79 bits per heavy atom. The van der Waals surface area contributed by atoms with Crippen molar-refractivity contribution in [3.8, 4) is 0 Å². The Morgan fingerprint density at radius 2 is 2.14 bits per heavy atom. The molecule has 0 saturated carbocycles. The second-order valence-electron chi connectivity index (χ2n) is 3.18. The molecule has 1 rings (SSSR count). The van der Waals surface area contributed by atoms with Crippen LogP contribution < -0.4 is 5.32 Å². The Labute approximate surface area is 81.6 Å². The van der Waals surface area contributed by atoms with Crippen LogP contribution in [0, 0.1) is 11.6 Å². The Morgan fingerprint density at radius 1 is 1.43 bits per heavy atom. The minimum absolute atomic E-state index is 0.0308. The van der Waals surface area contributed by atoms with Gasteiger partial charge in [0.2, 0.25) is 0 Å². The van der Waals surface area contributed by atoms with Crippen molar-refractivity contribution in [2.45, 2.75) is 19.5 Å². The van der Waals surface area contributed by atoms with Gasteiger partial charge in [-0.2, -0.15) is 0 Å². The van der Waals surface area contributed by atoms with Crippen LogP contribution in [0.5, 0.6) is 0 Å². The minimum Gasteiger partial charge on any atom is -0.395 e. The van der Waals surface area contributed by atoms with Gasteiger partial charge in [-0.1, -0.05) is 12.1 Å². The molecule has 0 aliphatic carbocycles. The molecule has 2 N–H and O–H groups in total. The highest BCUT2D eigenvalue weighted by Gasteiger charge is 2.07. The van der Waals surface area contributed by atoms with Crippen molar-refractivity contribution in [1.29, 1.82) is 0 Å². The second-order valence-corrected chi connectivity index (χ2v) is 3.18. The first-order valence-corrected chi connectivity index (χ1v) is 4.42. The third kappa shape index (κ3) is 2.75. The summed E-state index contributed by atoms with van der Waals surface area (Å²) in [4.78, 5) is 0. The van der Waals surface area contributed by atoms with Gasteiger partial charge in [0.25, 0.3) is 0 Å². The summed E-state index contributed by atoms with van der Waals surface area (Å²) < 4.78 is 25.8. The Hall–Kier alpha value is -1.00. The monoisotopic (exact) mass is 201 g/mol. The highest BCUT2D eigenvalue weighted by molar-refractivity contribution is 5.18. The van der Waals surface area contributed by atoms with E-state index >= 15 is 0 Å². The fourth-order valence-corrected chi connectivity index (χ4v) is 1.03. The number of hydrogen-bond donors (Lipinski definition) is 2. The lowest BCUT2D eigenvalue weighted by Gasteiger charge is -2.10. The van der Waals surface area contributed by atoms with Crippen molar-refractivity contribution in [3.63, 3.8) is 0 Å². The maximum atomic E-state index is 13.1. The van der Waals surface area contributed by atoms with Crippen molar-refractivity contribution in [2.75, 3.05) is 6.61 Å². The van der Waals surface area contributed by atoms with Crippen molar-refractivity contribution in [2.24, 2.45) is 0 Å². The quantitative estimate of drug-likeness (QED) is 0.772. The molecule has 0 radical (unpaired) electrons. The molecule has 0 unspecified atom stereocenters. The van der Waals surface area contributed by atoms with Gasteiger partial charge in [0.05, 0.1) is 6.61 Å². The molecular formula is C10H13F2NO. The summed E-state index contributed by atoms with van der Waals surface area (Å²) in [6, 6.07) is 3.92. The normalized spacial score (nSPS) is 12.9. The van der Waals surface area contributed by atoms with E-state index in [4.69, 9.17) is 5.11 Å². The van der Waals surface area contributed by atoms with E-state index < -0.39 is 11.6 Å². The van der Waals surface area contributed by atoms with Gasteiger partial charge in [0.15, 0.2) is 11.6 Å². The van der Waals surface area contributed by atoms with Crippen molar-refractivity contribution >= 4 is 0 Å². The Bertz CT molecular complexity index is 304. The van der Waals surface area contributed by atoms with Crippen molar-refractivity contribution < 1.29 is 13.9 Å². The van der Waals surface area contributed by atoms with Gasteiger partial charge in [-0.25, -0.2) is 8.78 Å². The minimum atomic E-state index is -0.846. The summed E-state index contributed by atoms with van der Waals surface area (Å²) in [5, 5.41) is 11.6. The lowest BCUT2D eigenvalue weighted by molar-refractivity contribution is 0.250. The maximum Gasteiger partial charge on any atom is 0.163 e. The van der Waals surface area contributed by atoms with E-state index in [9.17, 15) is 8.78 Å². The van der Waals surface area contributed by atoms with Crippen molar-refractivity contribution in [3.05, 3.63) is 35.4 Å². The molecule has 1 aromatic rings. The van der Waals surface area contributed by atoms with Gasteiger partial charge in [0.1, 0.15) is 0 Å². The molecule has 0 aliphatic rings. The number of nitrogens with one attached hydrogen (secondary N) is 1. The van der Waals surface area contributed by atoms with Crippen LogP contribution in [0.25, 0.3) is 0 Å². The van der Waals surface area contributed by atoms with E-state index in [1.54, 1.807) is 6.92 Å². The molecule has 0 spiro atoms. The molecule has 1 aromatic carbocycles. The first kappa shape index (κ1) is 11.1. The molecule has 0 aromatic heterocycles. The van der Waals surface area contributed by atoms with Gasteiger partial charge < -0.3 is 10.4 Å². The van der Waals surface area contributed by atoms with E-state index in [1.165, 1.54) is 12.1 Å². The lowest BCUT2D eigenvalue weighted by Crippen LogP contribution is -2.29. The summed E-state index contributed by atoms with van der Waals surface area (Å²) in [6.45, 7) is 1.94. The van der Waals surface area contributed by atoms with Gasteiger partial charge in [-0.3, -0.25) is 0 Å². The zero-order valence-electron chi connectivity index (χ0n) is 7.93. The van der Waals surface area contributed by atoms with Crippen LogP contribution in [-0.2, 0) is 6.54 Å². The number of halogens is 2. The SMILES string of the molecule is C[C@H](CO)NCc1cccc(F)c1F. The van der Waals surface area contributed by atoms with Gasteiger partial charge >= 0.3 is 0 Å². The fourth-order valence-electron chi connectivity index (χ4n) is 1.03. The lowest BCUT2D eigenvalue weighted by atomic mass is 10.2. The first-order chi connectivity index (χ1) is 6.65. The standard InChI is InChI=1S/C10H13F2NO/c1-7(6-14)13-5-8-3-2-4-9(11)10(8)12/h2-4,7,13-14H,5-6H2,1H3/t7-/m1/s1. The number of aliphatic hydroxyl groups excluding tert-OH is 1. The Balaban J connectivity index is 2.63. The van der Waals surface area contributed by atoms with Crippen LogP contribution in [-0.4, -0.2) is 17.8 Å². The molecule has 0 heterocycles. The molecule has 0 amide bonds. The molecule has 1 atom stereocenters. The fraction of sp³-hybridized carbons (Fsp3) is 0.400. The third-order valence-electron chi connectivity index (χ3n) is 1.95. The summed E-state index contributed by atoms with van der Waals surface area (Å²) in [5.41, 5.74) is 0.269. The summed E-state index contributed by atoms with van der Waals surface area (Å²) >= 11 is 0. The van der Waals surface area contributed by atoms with E-state index in [0.717, 1.165) is 6.07 Å². The molecular weight excluding hydrogens is 188 g/mol. The zero-order chi connectivity index (χ0) is 10.6. The average Bonchev–Trinajstić information content (AvgIpc) is 2.20. The van der Waals surface area contributed by atoms with E-state index in [0.29, 0.717) is 0 Å². The topological polar surface area (TPSA) is 32.3 Å². The van der Waals surface area contributed by atoms with Crippen LogP contribution in [0.4, 0.5) is 8.78 Å². The van der Waals surface area contributed by atoms with E-state index in [2.05, 4.69) is 5.32 Å². The van der Waals surface area contributed by atoms with Crippen LogP contribution in [0.2, 0.25) is 0 Å². The van der Waals surface area contributed by atoms with Crippen LogP contribution in [0.15, 0.2) is 18.2 Å². The van der Waals surface area contributed by atoms with Crippen LogP contribution in [0.1, 0.15) is 12.5 Å². The molecule has 4 heteroatoms. The summed E-state index contributed by atoms with van der Waals surface area (Å²) in [6.07, 6.45) is 0. The number of rotatable bonds is 4. The number of hydrogen-bond acceptors (Lipinski definition) is 2. The van der Waals surface area contributed by atoms with E-state index in [1.807, 2.05) is 0 Å². The molecule has 14 heavy (non-hydrogen) atoms. The number of aliphatic hydroxyl groups is 1. The predicted molar refractivity (Wildman–Crippen MR) is 49.7 cm³/mol. The largest absolute Gasteiger partial charge is 0.395 e. The van der Waals surface area contributed by atoms with Gasteiger partial charge in [-0.15, -0.1) is 0 Å². The van der Waals surface area contributed by atoms with Gasteiger partial charge in [0, 0.05) is 18.2 Å². The van der Waals surface area contributed by atoms with Crippen LogP contribution >= 0.6 is 0 Å². The van der Waals surface area contributed by atoms with Crippen LogP contribution in [0.3, 0.4) is 0 Å². The number of benzene rings is 1. The highest BCUT2D eigenvalue weighted by atomic mass is 19.2. The molecule has 78 valence electrons. The summed E-state index contributed by atoms with van der Waals surface area (Å²) in [5.74, 6) is -1.67. The van der Waals surface area contributed by atoms with E-state index in [-0.39, 0.29) is 24.8 Å². The molecule has 0 saturated heterocycles. The Kier molecular flexibility index (Phi) is 3.98. The highest BCUT2D eigenvalue weighted by Crippen LogP contribution is 2.10. The maximum absolute atomic E-state index is 13.1. The molecule has 0 bridgehead atoms. The zero-order valence-corrected chi connectivity index (χ0v) is 7.93. The third-order valence-corrected chi connectivity index (χ3v) is 1.95. The van der Waals surface area contributed by atoms with Gasteiger partial charge in [-0.05, 0) is 13.0 Å². The molecule has 0 aliphatic heterocycles. The average molecular weight is 201 g/mol.